The highest BCUT2D eigenvalue weighted by molar-refractivity contribution is 9.10. The summed E-state index contributed by atoms with van der Waals surface area (Å²) in [7, 11) is 0. The summed E-state index contributed by atoms with van der Waals surface area (Å²) in [6, 6.07) is 9.98. The van der Waals surface area contributed by atoms with Crippen molar-refractivity contribution in [2.45, 2.75) is 13.2 Å². The number of rotatable bonds is 4. The van der Waals surface area contributed by atoms with E-state index in [0.717, 1.165) is 4.47 Å². The highest BCUT2D eigenvalue weighted by Crippen LogP contribution is 2.16. The lowest BCUT2D eigenvalue weighted by atomic mass is 10.3. The molecule has 1 aromatic carbocycles. The highest BCUT2D eigenvalue weighted by Gasteiger charge is 2.09. The molecular formula is C14H13BrClN3O2. The third kappa shape index (κ3) is 5.24. The predicted octanol–water partition coefficient (Wildman–Crippen LogP) is 4.04. The Kier molecular flexibility index (Phi) is 5.41. The van der Waals surface area contributed by atoms with E-state index in [-0.39, 0.29) is 0 Å². The van der Waals surface area contributed by atoms with E-state index in [1.807, 2.05) is 0 Å². The Bertz CT molecular complexity index is 605. The van der Waals surface area contributed by atoms with Crippen molar-refractivity contribution in [1.29, 1.82) is 0 Å². The first kappa shape index (κ1) is 15.6. The first-order valence-electron chi connectivity index (χ1n) is 6.14. The van der Waals surface area contributed by atoms with Crippen molar-refractivity contribution in [2.75, 3.05) is 5.32 Å². The van der Waals surface area contributed by atoms with Crippen LogP contribution in [-0.2, 0) is 0 Å². The van der Waals surface area contributed by atoms with Crippen LogP contribution in [0, 0.1) is 0 Å². The number of amides is 2. The maximum atomic E-state index is 11.8. The normalized spacial score (nSPS) is 11.6. The van der Waals surface area contributed by atoms with Crippen LogP contribution in [0.25, 0.3) is 0 Å². The van der Waals surface area contributed by atoms with Crippen molar-refractivity contribution in [3.05, 3.63) is 52.1 Å². The third-order valence-electron chi connectivity index (χ3n) is 2.43. The van der Waals surface area contributed by atoms with Crippen LogP contribution in [0.2, 0.25) is 5.02 Å². The Morgan fingerprint density at radius 2 is 2.00 bits per heavy atom. The zero-order valence-corrected chi connectivity index (χ0v) is 13.5. The Labute approximate surface area is 135 Å². The Morgan fingerprint density at radius 3 is 2.62 bits per heavy atom. The molecule has 21 heavy (non-hydrogen) atoms. The van der Waals surface area contributed by atoms with E-state index in [1.54, 1.807) is 49.5 Å². The minimum atomic E-state index is -0.498. The quantitative estimate of drug-likeness (QED) is 0.798. The molecule has 5 nitrogen and oxygen atoms in total. The summed E-state index contributed by atoms with van der Waals surface area (Å²) >= 11 is 9.06. The molecule has 110 valence electrons. The van der Waals surface area contributed by atoms with Crippen molar-refractivity contribution in [3.8, 4) is 5.75 Å². The van der Waals surface area contributed by atoms with E-state index in [0.29, 0.717) is 16.6 Å². The van der Waals surface area contributed by atoms with E-state index in [4.69, 9.17) is 16.3 Å². The minimum Gasteiger partial charge on any atom is -0.471 e. The number of ether oxygens (including phenoxy) is 1. The molecule has 0 saturated heterocycles. The SMILES string of the molecule is CC(NC(=O)Nc1ccc(Br)cn1)Oc1ccc(Cl)cc1. The molecule has 1 unspecified atom stereocenters. The molecule has 0 aliphatic carbocycles. The maximum Gasteiger partial charge on any atom is 0.323 e. The summed E-state index contributed by atoms with van der Waals surface area (Å²) in [6.07, 6.45) is 1.10. The van der Waals surface area contributed by atoms with Crippen molar-refractivity contribution in [1.82, 2.24) is 10.3 Å². The highest BCUT2D eigenvalue weighted by atomic mass is 79.9. The molecule has 2 amide bonds. The Morgan fingerprint density at radius 1 is 1.29 bits per heavy atom. The summed E-state index contributed by atoms with van der Waals surface area (Å²) in [5.41, 5.74) is 0. The zero-order valence-electron chi connectivity index (χ0n) is 11.1. The van der Waals surface area contributed by atoms with Gasteiger partial charge < -0.3 is 10.1 Å². The Balaban J connectivity index is 1.84. The lowest BCUT2D eigenvalue weighted by molar-refractivity contribution is 0.183. The molecule has 1 heterocycles. The van der Waals surface area contributed by atoms with E-state index in [1.165, 1.54) is 0 Å². The largest absolute Gasteiger partial charge is 0.471 e. The van der Waals surface area contributed by atoms with Crippen LogP contribution in [0.1, 0.15) is 6.92 Å². The summed E-state index contributed by atoms with van der Waals surface area (Å²) < 4.78 is 6.38. The molecule has 0 aliphatic heterocycles. The first-order chi connectivity index (χ1) is 10.0. The summed E-state index contributed by atoms with van der Waals surface area (Å²) in [5.74, 6) is 1.07. The topological polar surface area (TPSA) is 63.2 Å². The molecule has 0 aliphatic rings. The number of aromatic nitrogens is 1. The van der Waals surface area contributed by atoms with Gasteiger partial charge in [0.05, 0.1) is 0 Å². The number of nitrogens with one attached hydrogen (secondary N) is 2. The monoisotopic (exact) mass is 369 g/mol. The van der Waals surface area contributed by atoms with E-state index in [2.05, 4.69) is 31.5 Å². The molecule has 1 atom stereocenters. The van der Waals surface area contributed by atoms with Crippen LogP contribution in [0.15, 0.2) is 47.1 Å². The number of carbonyl (C=O) groups is 1. The van der Waals surface area contributed by atoms with Crippen molar-refractivity contribution >= 4 is 39.4 Å². The molecule has 2 N–H and O–H groups in total. The number of anilines is 1. The summed E-state index contributed by atoms with van der Waals surface area (Å²) in [4.78, 5) is 15.8. The van der Waals surface area contributed by atoms with Gasteiger partial charge in [0.1, 0.15) is 11.6 Å². The standard InChI is InChI=1S/C14H13BrClN3O2/c1-9(21-12-5-3-11(16)4-6-12)18-14(20)19-13-7-2-10(15)8-17-13/h2-9H,1H3,(H2,17,18,19,20). The average molecular weight is 371 g/mol. The van der Waals surface area contributed by atoms with Gasteiger partial charge in [-0.05, 0) is 59.3 Å². The molecule has 0 bridgehead atoms. The number of hydrogen-bond acceptors (Lipinski definition) is 3. The van der Waals surface area contributed by atoms with Gasteiger partial charge in [0, 0.05) is 15.7 Å². The fraction of sp³-hybridized carbons (Fsp3) is 0.143. The second-order valence-electron chi connectivity index (χ2n) is 4.17. The van der Waals surface area contributed by atoms with Gasteiger partial charge in [-0.25, -0.2) is 9.78 Å². The zero-order chi connectivity index (χ0) is 15.2. The molecule has 0 fully saturated rings. The van der Waals surface area contributed by atoms with Crippen molar-refractivity contribution in [3.63, 3.8) is 0 Å². The number of halogens is 2. The summed E-state index contributed by atoms with van der Waals surface area (Å²) in [5, 5.41) is 5.89. The van der Waals surface area contributed by atoms with Crippen LogP contribution in [0.5, 0.6) is 5.75 Å². The van der Waals surface area contributed by atoms with Crippen LogP contribution >= 0.6 is 27.5 Å². The number of pyridine rings is 1. The molecule has 2 aromatic rings. The van der Waals surface area contributed by atoms with Gasteiger partial charge in [0.15, 0.2) is 6.23 Å². The Hall–Kier alpha value is -1.79. The molecular weight excluding hydrogens is 358 g/mol. The molecule has 0 saturated carbocycles. The first-order valence-corrected chi connectivity index (χ1v) is 7.31. The van der Waals surface area contributed by atoms with Crippen LogP contribution in [-0.4, -0.2) is 17.2 Å². The fourth-order valence-corrected chi connectivity index (χ4v) is 1.89. The van der Waals surface area contributed by atoms with E-state index in [9.17, 15) is 4.79 Å². The maximum absolute atomic E-state index is 11.8. The average Bonchev–Trinajstić information content (AvgIpc) is 2.44. The van der Waals surface area contributed by atoms with E-state index >= 15 is 0 Å². The number of nitrogens with zero attached hydrogens (tertiary/aromatic N) is 1. The predicted molar refractivity (Wildman–Crippen MR) is 85.6 cm³/mol. The lowest BCUT2D eigenvalue weighted by Crippen LogP contribution is -2.39. The van der Waals surface area contributed by atoms with Crippen LogP contribution < -0.4 is 15.4 Å². The molecule has 7 heteroatoms. The van der Waals surface area contributed by atoms with Crippen molar-refractivity contribution < 1.29 is 9.53 Å². The minimum absolute atomic E-state index is 0.397. The number of carbonyl (C=O) groups excluding carboxylic acids is 1. The molecule has 1 aromatic heterocycles. The van der Waals surface area contributed by atoms with Gasteiger partial charge in [-0.2, -0.15) is 0 Å². The fourth-order valence-electron chi connectivity index (χ4n) is 1.53. The lowest BCUT2D eigenvalue weighted by Gasteiger charge is -2.16. The number of benzene rings is 1. The third-order valence-corrected chi connectivity index (χ3v) is 3.15. The van der Waals surface area contributed by atoms with Gasteiger partial charge >= 0.3 is 6.03 Å². The van der Waals surface area contributed by atoms with Gasteiger partial charge in [-0.15, -0.1) is 0 Å². The van der Waals surface area contributed by atoms with Crippen molar-refractivity contribution in [2.24, 2.45) is 0 Å². The smallest absolute Gasteiger partial charge is 0.323 e. The second kappa shape index (κ2) is 7.28. The number of hydrogen-bond donors (Lipinski definition) is 2. The van der Waals surface area contributed by atoms with E-state index < -0.39 is 12.3 Å². The van der Waals surface area contributed by atoms with Gasteiger partial charge in [-0.3, -0.25) is 5.32 Å². The second-order valence-corrected chi connectivity index (χ2v) is 5.53. The van der Waals surface area contributed by atoms with Gasteiger partial charge in [-0.1, -0.05) is 11.6 Å². The van der Waals surface area contributed by atoms with Gasteiger partial charge in [0.25, 0.3) is 0 Å². The molecule has 0 spiro atoms. The van der Waals surface area contributed by atoms with Crippen LogP contribution in [0.4, 0.5) is 10.6 Å². The number of urea groups is 1. The summed E-state index contributed by atoms with van der Waals surface area (Å²) in [6.45, 7) is 1.73. The van der Waals surface area contributed by atoms with Crippen LogP contribution in [0.3, 0.4) is 0 Å². The molecule has 0 radical (unpaired) electrons. The molecule has 2 rings (SSSR count). The van der Waals surface area contributed by atoms with Gasteiger partial charge in [0.2, 0.25) is 0 Å².